The van der Waals surface area contributed by atoms with E-state index < -0.39 is 27.1 Å². The number of quaternary nitrogens is 1. The lowest BCUT2D eigenvalue weighted by atomic mass is 9.88. The average molecular weight is 385 g/mol. The normalized spacial score (nSPS) is 23.2. The Kier molecular flexibility index (Phi) is 4.44. The molecule has 0 saturated heterocycles. The number of hydrogen-bond donors (Lipinski definition) is 1. The number of halogens is 4. The van der Waals surface area contributed by atoms with Crippen LogP contribution in [-0.4, -0.2) is 28.7 Å². The lowest BCUT2D eigenvalue weighted by Gasteiger charge is -2.33. The maximum atomic E-state index is 14.4. The van der Waals surface area contributed by atoms with E-state index in [-0.39, 0.29) is 28.8 Å². The second-order valence-corrected chi connectivity index (χ2v) is 7.70. The summed E-state index contributed by atoms with van der Waals surface area (Å²) in [5.41, 5.74) is -0.578. The fourth-order valence-corrected chi connectivity index (χ4v) is 2.72. The molecule has 9 heteroatoms. The number of aliphatic imine (C=N–C) groups is 2. The van der Waals surface area contributed by atoms with Gasteiger partial charge >= 0.3 is 5.96 Å². The van der Waals surface area contributed by atoms with Crippen LogP contribution in [0.1, 0.15) is 33.3 Å². The summed E-state index contributed by atoms with van der Waals surface area (Å²) >= 11 is 6.57. The summed E-state index contributed by atoms with van der Waals surface area (Å²) in [4.78, 5) is 8.04. The molecule has 26 heavy (non-hydrogen) atoms. The van der Waals surface area contributed by atoms with Crippen LogP contribution >= 0.6 is 11.8 Å². The molecule has 1 N–H and O–H groups in total. The van der Waals surface area contributed by atoms with Gasteiger partial charge in [0.05, 0.1) is 17.4 Å². The molecule has 1 aromatic carbocycles. The molecule has 3 rings (SSSR count). The first-order valence-corrected chi connectivity index (χ1v) is 8.29. The third-order valence-electron chi connectivity index (χ3n) is 4.44. The zero-order chi connectivity index (χ0) is 19.3. The summed E-state index contributed by atoms with van der Waals surface area (Å²) < 4.78 is 41.4. The van der Waals surface area contributed by atoms with Gasteiger partial charge in [-0.25, -0.2) is 13.2 Å². The Labute approximate surface area is 154 Å². The third kappa shape index (κ3) is 3.03. The van der Waals surface area contributed by atoms with Crippen molar-refractivity contribution in [1.82, 2.24) is 5.32 Å². The van der Waals surface area contributed by atoms with E-state index in [1.165, 1.54) is 12.6 Å². The van der Waals surface area contributed by atoms with Crippen LogP contribution < -0.4 is 5.32 Å². The Balaban J connectivity index is 2.23. The molecule has 0 radical (unpaired) electrons. The molecular formula is C17H18ClF3N5+. The highest BCUT2D eigenvalue weighted by Gasteiger charge is 2.49. The van der Waals surface area contributed by atoms with Crippen molar-refractivity contribution in [1.29, 1.82) is 0 Å². The van der Waals surface area contributed by atoms with E-state index in [4.69, 9.17) is 11.8 Å². The number of guanidine groups is 1. The zero-order valence-electron chi connectivity index (χ0n) is 14.7. The molecule has 0 bridgehead atoms. The van der Waals surface area contributed by atoms with E-state index in [2.05, 4.69) is 20.4 Å². The number of hydrogen-bond acceptors (Lipinski definition) is 4. The van der Waals surface area contributed by atoms with Crippen molar-refractivity contribution in [2.75, 3.05) is 0 Å². The van der Waals surface area contributed by atoms with Gasteiger partial charge in [0.15, 0.2) is 6.34 Å². The molecule has 2 atom stereocenters. The van der Waals surface area contributed by atoms with Crippen LogP contribution in [0.5, 0.6) is 0 Å². The Morgan fingerprint density at radius 3 is 2.35 bits per heavy atom. The van der Waals surface area contributed by atoms with Crippen molar-refractivity contribution in [3.63, 3.8) is 0 Å². The Morgan fingerprint density at radius 2 is 1.77 bits per heavy atom. The zero-order valence-corrected chi connectivity index (χ0v) is 15.4. The summed E-state index contributed by atoms with van der Waals surface area (Å²) in [7, 11) is 0. The molecule has 5 nitrogen and oxygen atoms in total. The first kappa shape index (κ1) is 18.6. The van der Waals surface area contributed by atoms with Gasteiger partial charge < -0.3 is 5.32 Å². The number of rotatable bonds is 3. The Hall–Kier alpha value is -2.19. The first-order valence-electron chi connectivity index (χ1n) is 7.95. The molecule has 0 aliphatic carbocycles. The molecule has 2 unspecified atom stereocenters. The lowest BCUT2D eigenvalue weighted by molar-refractivity contribution is -0.684. The minimum Gasteiger partial charge on any atom is -0.334 e. The van der Waals surface area contributed by atoms with Crippen molar-refractivity contribution >= 4 is 35.9 Å². The summed E-state index contributed by atoms with van der Waals surface area (Å²) in [6.07, 6.45) is 2.48. The van der Waals surface area contributed by atoms with Gasteiger partial charge in [0, 0.05) is 22.3 Å². The average Bonchev–Trinajstić information content (AvgIpc) is 2.89. The summed E-state index contributed by atoms with van der Waals surface area (Å²) in [5, 5.41) is 7.28. The highest BCUT2D eigenvalue weighted by Crippen LogP contribution is 2.37. The van der Waals surface area contributed by atoms with Gasteiger partial charge in [-0.15, -0.1) is 0 Å². The highest BCUT2D eigenvalue weighted by molar-refractivity contribution is 6.22. The molecule has 2 heterocycles. The predicted molar refractivity (Wildman–Crippen MR) is 95.8 cm³/mol. The fourth-order valence-electron chi connectivity index (χ4n) is 2.45. The van der Waals surface area contributed by atoms with E-state index >= 15 is 0 Å². The number of nitrogens with zero attached hydrogens (tertiary/aromatic N) is 4. The monoisotopic (exact) mass is 384 g/mol. The van der Waals surface area contributed by atoms with Crippen molar-refractivity contribution in [2.45, 2.75) is 33.7 Å². The molecule has 2 aliphatic heterocycles. The number of benzene rings is 1. The lowest BCUT2D eigenvalue weighted by Crippen LogP contribution is -2.49. The van der Waals surface area contributed by atoms with E-state index in [0.29, 0.717) is 12.1 Å². The van der Waals surface area contributed by atoms with Crippen LogP contribution in [0.3, 0.4) is 0 Å². The quantitative estimate of drug-likeness (QED) is 0.781. The number of fused-ring (bicyclic) bond motifs is 1. The highest BCUT2D eigenvalue weighted by atomic mass is 35.5. The molecule has 1 aromatic rings. The molecule has 0 aromatic heterocycles. The van der Waals surface area contributed by atoms with Gasteiger partial charge in [-0.2, -0.15) is 9.98 Å². The van der Waals surface area contributed by atoms with E-state index in [1.807, 2.05) is 27.7 Å². The minimum atomic E-state index is -1.06. The topological polar surface area (TPSA) is 49.1 Å². The SMILES string of the molecule is CC(NC1=C(c2c(F)cc(F)cc2F)C=NC2=NC=N[N+]21Cl)C(C)(C)C. The Morgan fingerprint density at radius 1 is 1.15 bits per heavy atom. The first-order chi connectivity index (χ1) is 12.0. The summed E-state index contributed by atoms with van der Waals surface area (Å²) in [6.45, 7) is 7.92. The van der Waals surface area contributed by atoms with Crippen LogP contribution in [0, 0.1) is 22.9 Å². The van der Waals surface area contributed by atoms with Crippen LogP contribution in [0.4, 0.5) is 13.2 Å². The van der Waals surface area contributed by atoms with Crippen LogP contribution in [0.15, 0.2) is 33.0 Å². The van der Waals surface area contributed by atoms with Gasteiger partial charge in [-0.05, 0) is 17.4 Å². The largest absolute Gasteiger partial charge is 0.383 e. The predicted octanol–water partition coefficient (Wildman–Crippen LogP) is 4.16. The van der Waals surface area contributed by atoms with Gasteiger partial charge in [0.1, 0.15) is 17.5 Å². The van der Waals surface area contributed by atoms with Gasteiger partial charge in [0.25, 0.3) is 5.82 Å². The summed E-state index contributed by atoms with van der Waals surface area (Å²) in [5.74, 6) is -2.79. The maximum absolute atomic E-state index is 14.4. The Bertz CT molecular complexity index is 862. The van der Waals surface area contributed by atoms with E-state index in [0.717, 1.165) is 0 Å². The molecule has 0 amide bonds. The molecule has 138 valence electrons. The third-order valence-corrected chi connectivity index (χ3v) is 4.85. The van der Waals surface area contributed by atoms with Crippen molar-refractivity contribution in [2.24, 2.45) is 20.5 Å². The fraction of sp³-hybridized carbons (Fsp3) is 0.353. The van der Waals surface area contributed by atoms with Crippen molar-refractivity contribution in [3.05, 3.63) is 41.0 Å². The minimum absolute atomic E-state index is 0.0455. The molecule has 0 fully saturated rings. The summed E-state index contributed by atoms with van der Waals surface area (Å²) in [6, 6.07) is 1.08. The van der Waals surface area contributed by atoms with Crippen molar-refractivity contribution < 1.29 is 17.3 Å². The number of nitrogens with one attached hydrogen (secondary N) is 1. The molecule has 0 saturated carbocycles. The second kappa shape index (κ2) is 6.21. The number of allylic oxidation sites excluding steroid dienone is 1. The molecule has 2 aliphatic rings. The van der Waals surface area contributed by atoms with Gasteiger partial charge in [0.2, 0.25) is 11.8 Å². The van der Waals surface area contributed by atoms with Crippen LogP contribution in [0.2, 0.25) is 0 Å². The van der Waals surface area contributed by atoms with Crippen LogP contribution in [0.25, 0.3) is 5.57 Å². The second-order valence-electron chi connectivity index (χ2n) is 7.21. The maximum Gasteiger partial charge on any atom is 0.383 e. The smallest absolute Gasteiger partial charge is 0.334 e. The van der Waals surface area contributed by atoms with E-state index in [9.17, 15) is 13.2 Å². The molecule has 0 spiro atoms. The van der Waals surface area contributed by atoms with Crippen LogP contribution in [-0.2, 0) is 0 Å². The standard InChI is InChI=1S/C17H18ClF3N5/c1-9(17(2,3)4)25-15-11(7-22-16-23-8-24-26(15,16)18)14-12(20)5-10(19)6-13(14)21/h5-9,25H,1-4H3/q+1. The molecular weight excluding hydrogens is 367 g/mol. The van der Waals surface area contributed by atoms with E-state index in [1.54, 1.807) is 0 Å². The van der Waals surface area contributed by atoms with Crippen molar-refractivity contribution in [3.8, 4) is 0 Å². The van der Waals surface area contributed by atoms with Gasteiger partial charge in [-0.3, -0.25) is 0 Å². The van der Waals surface area contributed by atoms with Gasteiger partial charge in [-0.1, -0.05) is 20.8 Å².